The molecule has 0 saturated carbocycles. The number of carbonyl (C=O) groups excluding carboxylic acids is 1. The number of halogens is 1. The molecule has 188 valence electrons. The lowest BCUT2D eigenvalue weighted by Gasteiger charge is -2.44. The van der Waals surface area contributed by atoms with Gasteiger partial charge in [-0.3, -0.25) is 4.79 Å². The number of amides is 1. The zero-order valence-electron chi connectivity index (χ0n) is 19.7. The molecular formula is C22H41ClN2O6S. The second-order valence-corrected chi connectivity index (χ2v) is 11.2. The second-order valence-electron chi connectivity index (χ2n) is 9.60. The molecule has 10 heteroatoms. The van der Waals surface area contributed by atoms with Gasteiger partial charge in [0, 0.05) is 13.2 Å². The van der Waals surface area contributed by atoms with E-state index in [0.29, 0.717) is 12.5 Å². The average molecular weight is 497 g/mol. The molecule has 3 heterocycles. The maximum atomic E-state index is 13.0. The lowest BCUT2D eigenvalue weighted by Crippen LogP contribution is -2.65. The van der Waals surface area contributed by atoms with Crippen LogP contribution in [0, 0.1) is 11.8 Å². The van der Waals surface area contributed by atoms with Crippen LogP contribution in [0.5, 0.6) is 0 Å². The molecule has 1 amide bonds. The van der Waals surface area contributed by atoms with Crippen molar-refractivity contribution in [1.29, 1.82) is 0 Å². The SMILES string of the molecule is CC(C)C.CSC1OC(C(NC(=O)C2NCC3CCCCOC32)C(C)Cl)C(O)C(O)C1O. The number of alkyl halides is 1. The topological polar surface area (TPSA) is 120 Å². The highest BCUT2D eigenvalue weighted by atomic mass is 35.5. The quantitative estimate of drug-likeness (QED) is 0.359. The highest BCUT2D eigenvalue weighted by molar-refractivity contribution is 7.99. The van der Waals surface area contributed by atoms with Gasteiger partial charge in [-0.2, -0.15) is 0 Å². The van der Waals surface area contributed by atoms with Crippen LogP contribution >= 0.6 is 23.4 Å². The Morgan fingerprint density at radius 3 is 2.38 bits per heavy atom. The predicted octanol–water partition coefficient (Wildman–Crippen LogP) is 1.09. The molecule has 5 N–H and O–H groups in total. The minimum absolute atomic E-state index is 0.183. The molecule has 0 radical (unpaired) electrons. The van der Waals surface area contributed by atoms with Crippen molar-refractivity contribution in [2.75, 3.05) is 19.4 Å². The minimum Gasteiger partial charge on any atom is -0.388 e. The van der Waals surface area contributed by atoms with Gasteiger partial charge in [0.25, 0.3) is 0 Å². The molecule has 0 aromatic carbocycles. The third-order valence-corrected chi connectivity index (χ3v) is 7.08. The molecule has 3 saturated heterocycles. The number of aliphatic hydroxyl groups is 3. The number of hydrogen-bond acceptors (Lipinski definition) is 8. The summed E-state index contributed by atoms with van der Waals surface area (Å²) in [5.41, 5.74) is -0.725. The first kappa shape index (κ1) is 28.1. The fourth-order valence-corrected chi connectivity index (χ4v) is 5.21. The third kappa shape index (κ3) is 7.18. The van der Waals surface area contributed by atoms with Crippen LogP contribution in [-0.4, -0.2) is 94.1 Å². The molecule has 3 aliphatic heterocycles. The van der Waals surface area contributed by atoms with E-state index in [1.54, 1.807) is 13.2 Å². The van der Waals surface area contributed by atoms with Gasteiger partial charge in [-0.25, -0.2) is 0 Å². The Kier molecular flexibility index (Phi) is 11.5. The van der Waals surface area contributed by atoms with Gasteiger partial charge >= 0.3 is 0 Å². The fourth-order valence-electron chi connectivity index (χ4n) is 4.33. The first-order valence-corrected chi connectivity index (χ1v) is 13.3. The van der Waals surface area contributed by atoms with Gasteiger partial charge in [0.15, 0.2) is 0 Å². The fraction of sp³-hybridized carbons (Fsp3) is 0.955. The van der Waals surface area contributed by atoms with Crippen molar-refractivity contribution in [2.24, 2.45) is 11.8 Å². The monoisotopic (exact) mass is 496 g/mol. The van der Waals surface area contributed by atoms with Gasteiger partial charge in [-0.1, -0.05) is 27.2 Å². The first-order valence-electron chi connectivity index (χ1n) is 11.6. The standard InChI is InChI=1S/C18H31ClN2O6S.C4H10/c1-8(19)10(16-13(23)12(22)14(24)18(27-16)28-2)21-17(25)11-15-9(7-20-11)5-3-4-6-26-15;1-4(2)3/h8-16,18,20,22-24H,3-7H2,1-2H3,(H,21,25);4H,1-3H3. The largest absolute Gasteiger partial charge is 0.388 e. The number of carbonyl (C=O) groups is 1. The Hall–Kier alpha value is -0.130. The summed E-state index contributed by atoms with van der Waals surface area (Å²) >= 11 is 7.55. The Labute approximate surface area is 201 Å². The van der Waals surface area contributed by atoms with E-state index in [0.717, 1.165) is 31.7 Å². The van der Waals surface area contributed by atoms with Crippen LogP contribution in [0.25, 0.3) is 0 Å². The van der Waals surface area contributed by atoms with Gasteiger partial charge in [0.05, 0.1) is 17.5 Å². The number of ether oxygens (including phenoxy) is 2. The average Bonchev–Trinajstić information content (AvgIpc) is 2.99. The van der Waals surface area contributed by atoms with E-state index in [9.17, 15) is 20.1 Å². The normalized spacial score (nSPS) is 39.3. The number of nitrogens with one attached hydrogen (secondary N) is 2. The number of fused-ring (bicyclic) bond motifs is 1. The molecule has 8 nitrogen and oxygen atoms in total. The summed E-state index contributed by atoms with van der Waals surface area (Å²) in [6.45, 7) is 9.57. The molecule has 0 bridgehead atoms. The highest BCUT2D eigenvalue weighted by Crippen LogP contribution is 2.31. The maximum Gasteiger partial charge on any atom is 0.240 e. The molecule has 10 unspecified atom stereocenters. The molecule has 0 aromatic heterocycles. The first-order chi connectivity index (χ1) is 15.1. The Morgan fingerprint density at radius 2 is 1.78 bits per heavy atom. The molecule has 3 aliphatic rings. The van der Waals surface area contributed by atoms with Gasteiger partial charge in [0.2, 0.25) is 5.91 Å². The van der Waals surface area contributed by atoms with Crippen LogP contribution in [0.3, 0.4) is 0 Å². The summed E-state index contributed by atoms with van der Waals surface area (Å²) in [7, 11) is 0. The lowest BCUT2D eigenvalue weighted by atomic mass is 9.92. The number of aliphatic hydroxyl groups excluding tert-OH is 3. The van der Waals surface area contributed by atoms with Crippen molar-refractivity contribution in [2.45, 2.75) is 100 Å². The molecule has 10 atom stereocenters. The molecule has 0 spiro atoms. The minimum atomic E-state index is -1.38. The third-order valence-electron chi connectivity index (χ3n) is 5.95. The van der Waals surface area contributed by atoms with Crippen LogP contribution in [0.2, 0.25) is 0 Å². The molecule has 3 rings (SSSR count). The number of thioether (sulfide) groups is 1. The zero-order chi connectivity index (χ0) is 24.0. The van der Waals surface area contributed by atoms with Crippen molar-refractivity contribution in [3.05, 3.63) is 0 Å². The molecule has 0 aliphatic carbocycles. The van der Waals surface area contributed by atoms with Crippen LogP contribution in [0.4, 0.5) is 0 Å². The van der Waals surface area contributed by atoms with E-state index in [1.807, 2.05) is 0 Å². The van der Waals surface area contributed by atoms with Gasteiger partial charge < -0.3 is 35.4 Å². The van der Waals surface area contributed by atoms with Crippen molar-refractivity contribution in [1.82, 2.24) is 10.6 Å². The molecule has 0 aromatic rings. The Balaban J connectivity index is 0.000000837. The molecular weight excluding hydrogens is 456 g/mol. The van der Waals surface area contributed by atoms with E-state index < -0.39 is 47.3 Å². The summed E-state index contributed by atoms with van der Waals surface area (Å²) in [5.74, 6) is 0.878. The Bertz CT molecular complexity index is 582. The van der Waals surface area contributed by atoms with Gasteiger partial charge in [0.1, 0.15) is 35.9 Å². The van der Waals surface area contributed by atoms with Crippen molar-refractivity contribution in [3.8, 4) is 0 Å². The lowest BCUT2D eigenvalue weighted by molar-refractivity contribution is -0.205. The van der Waals surface area contributed by atoms with E-state index >= 15 is 0 Å². The van der Waals surface area contributed by atoms with E-state index in [4.69, 9.17) is 21.1 Å². The summed E-state index contributed by atoms with van der Waals surface area (Å²) < 4.78 is 11.7. The van der Waals surface area contributed by atoms with Crippen LogP contribution < -0.4 is 10.6 Å². The van der Waals surface area contributed by atoms with Crippen molar-refractivity contribution in [3.63, 3.8) is 0 Å². The van der Waals surface area contributed by atoms with Crippen molar-refractivity contribution >= 4 is 29.3 Å². The zero-order valence-corrected chi connectivity index (χ0v) is 21.3. The molecule has 32 heavy (non-hydrogen) atoms. The number of hydrogen-bond donors (Lipinski definition) is 5. The smallest absolute Gasteiger partial charge is 0.240 e. The van der Waals surface area contributed by atoms with Crippen LogP contribution in [0.15, 0.2) is 0 Å². The predicted molar refractivity (Wildman–Crippen MR) is 127 cm³/mol. The second kappa shape index (κ2) is 13.1. The van der Waals surface area contributed by atoms with Crippen LogP contribution in [0.1, 0.15) is 47.0 Å². The van der Waals surface area contributed by atoms with Gasteiger partial charge in [-0.05, 0) is 37.9 Å². The van der Waals surface area contributed by atoms with E-state index in [-0.39, 0.29) is 12.0 Å². The highest BCUT2D eigenvalue weighted by Gasteiger charge is 2.49. The summed E-state index contributed by atoms with van der Waals surface area (Å²) in [5, 5.41) is 36.3. The maximum absolute atomic E-state index is 13.0. The van der Waals surface area contributed by atoms with Gasteiger partial charge in [-0.15, -0.1) is 23.4 Å². The van der Waals surface area contributed by atoms with E-state index in [1.165, 1.54) is 11.8 Å². The summed E-state index contributed by atoms with van der Waals surface area (Å²) in [6, 6.07) is -1.23. The van der Waals surface area contributed by atoms with Crippen molar-refractivity contribution < 1.29 is 29.6 Å². The van der Waals surface area contributed by atoms with E-state index in [2.05, 4.69) is 31.4 Å². The van der Waals surface area contributed by atoms with Crippen LogP contribution in [-0.2, 0) is 14.3 Å². The number of rotatable bonds is 5. The molecule has 3 fully saturated rings. The summed E-state index contributed by atoms with van der Waals surface area (Å²) in [6.07, 6.45) is -0.247. The Morgan fingerprint density at radius 1 is 1.12 bits per heavy atom. The summed E-state index contributed by atoms with van der Waals surface area (Å²) in [4.78, 5) is 13.0.